The van der Waals surface area contributed by atoms with Crippen LogP contribution in [0.3, 0.4) is 0 Å². The van der Waals surface area contributed by atoms with Crippen LogP contribution in [0.1, 0.15) is 27.7 Å². The molecule has 0 aliphatic rings. The van der Waals surface area contributed by atoms with Crippen molar-refractivity contribution >= 4 is 24.3 Å². The number of rotatable bonds is 6. The lowest BCUT2D eigenvalue weighted by Crippen LogP contribution is -2.32. The highest BCUT2D eigenvalue weighted by Gasteiger charge is 2.39. The number of allylic oxidation sites excluding steroid dienone is 1. The summed E-state index contributed by atoms with van der Waals surface area (Å²) >= 11 is 5.69. The smallest absolute Gasteiger partial charge is 0.318 e. The van der Waals surface area contributed by atoms with Crippen LogP contribution in [0, 0.1) is 5.41 Å². The predicted octanol–water partition coefficient (Wildman–Crippen LogP) is 2.84. The topological polar surface area (TPSA) is 42.0 Å². The summed E-state index contributed by atoms with van der Waals surface area (Å²) in [7, 11) is 8.91. The van der Waals surface area contributed by atoms with E-state index in [1.54, 1.807) is 13.8 Å². The fourth-order valence-corrected chi connectivity index (χ4v) is 3.73. The number of nitrogens with zero attached hydrogens (tertiary/aromatic N) is 2. The molecule has 0 fully saturated rings. The molecule has 0 saturated carbocycles. The molecule has 0 aromatic rings. The Morgan fingerprint density at radius 1 is 1.10 bits per heavy atom. The summed E-state index contributed by atoms with van der Waals surface area (Å²) in [6, 6.07) is 0. The van der Waals surface area contributed by atoms with Gasteiger partial charge in [-0.1, -0.05) is 0 Å². The first-order valence-electron chi connectivity index (χ1n) is 6.32. The molecule has 0 unspecified atom stereocenters. The lowest BCUT2D eigenvalue weighted by Gasteiger charge is -2.38. The van der Waals surface area contributed by atoms with Crippen molar-refractivity contribution in [2.24, 2.45) is 5.41 Å². The highest BCUT2D eigenvalue weighted by Crippen LogP contribution is 2.55. The molecule has 0 aliphatic carbocycles. The van der Waals surface area contributed by atoms with Crippen molar-refractivity contribution in [1.82, 2.24) is 9.34 Å². The maximum absolute atomic E-state index is 12.0. The second-order valence-electron chi connectivity index (χ2n) is 5.72. The number of methoxy groups -OCH3 is 1. The first-order chi connectivity index (χ1) is 8.91. The second-order valence-corrected chi connectivity index (χ2v) is 9.91. The van der Waals surface area contributed by atoms with Crippen LogP contribution in [-0.2, 0) is 25.9 Å². The van der Waals surface area contributed by atoms with E-state index in [1.807, 2.05) is 51.4 Å². The molecule has 0 aliphatic heterocycles. The van der Waals surface area contributed by atoms with Crippen LogP contribution in [0.15, 0.2) is 11.3 Å². The quantitative estimate of drug-likeness (QED) is 0.425. The van der Waals surface area contributed by atoms with E-state index >= 15 is 0 Å². The molecule has 0 aromatic heterocycles. The summed E-state index contributed by atoms with van der Waals surface area (Å²) in [6.45, 7) is 5.00. The summed E-state index contributed by atoms with van der Waals surface area (Å²) in [5.74, 6) is 0.239. The van der Waals surface area contributed by atoms with Gasteiger partial charge in [-0.2, -0.15) is 0 Å². The second kappa shape index (κ2) is 7.03. The molecule has 0 atom stereocenters. The van der Waals surface area contributed by atoms with Gasteiger partial charge in [0.2, 0.25) is 0 Å². The van der Waals surface area contributed by atoms with Gasteiger partial charge in [-0.05, 0) is 73.3 Å². The highest BCUT2D eigenvalue weighted by atomic mass is 32.5. The van der Waals surface area contributed by atoms with E-state index < -0.39 is 12.0 Å². The van der Waals surface area contributed by atoms with Crippen molar-refractivity contribution in [3.05, 3.63) is 11.3 Å². The van der Waals surface area contributed by atoms with Gasteiger partial charge in [0.25, 0.3) is 6.57 Å². The van der Waals surface area contributed by atoms with Crippen molar-refractivity contribution in [3.63, 3.8) is 0 Å². The van der Waals surface area contributed by atoms with Gasteiger partial charge in [0.15, 0.2) is 0 Å². The van der Waals surface area contributed by atoms with Gasteiger partial charge in [0, 0.05) is 0 Å². The van der Waals surface area contributed by atoms with Crippen molar-refractivity contribution in [2.75, 3.05) is 35.3 Å². The monoisotopic (exact) mass is 322 g/mol. The van der Waals surface area contributed by atoms with Gasteiger partial charge >= 0.3 is 5.97 Å². The van der Waals surface area contributed by atoms with Gasteiger partial charge < -0.3 is 9.26 Å². The zero-order valence-corrected chi connectivity index (χ0v) is 15.7. The number of hydrogen-bond donors (Lipinski definition) is 0. The van der Waals surface area contributed by atoms with Crippen LogP contribution in [-0.4, -0.2) is 50.6 Å². The van der Waals surface area contributed by atoms with Gasteiger partial charge in [-0.25, -0.2) is 9.34 Å². The molecule has 0 heterocycles. The van der Waals surface area contributed by atoms with Crippen LogP contribution < -0.4 is 0 Å². The van der Waals surface area contributed by atoms with E-state index in [-0.39, 0.29) is 5.97 Å². The van der Waals surface area contributed by atoms with Gasteiger partial charge in [-0.3, -0.25) is 4.79 Å². The van der Waals surface area contributed by atoms with Crippen LogP contribution in [0.4, 0.5) is 0 Å². The number of carbonyl (C=O) groups is 1. The van der Waals surface area contributed by atoms with E-state index in [1.165, 1.54) is 7.11 Å². The van der Waals surface area contributed by atoms with Crippen LogP contribution >= 0.6 is 6.57 Å². The minimum Gasteiger partial charge on any atom is -0.468 e. The maximum Gasteiger partial charge on any atom is 0.318 e. The SMILES string of the molecule is COC(=O)C(C)(C)C(OP(=S)(N(C)C)N(C)C)=C(C)C. The molecule has 7 heteroatoms. The van der Waals surface area contributed by atoms with E-state index in [0.29, 0.717) is 5.76 Å². The summed E-state index contributed by atoms with van der Waals surface area (Å²) in [6.07, 6.45) is 0. The maximum atomic E-state index is 12.0. The highest BCUT2D eigenvalue weighted by molar-refractivity contribution is 8.09. The molecular weight excluding hydrogens is 295 g/mol. The van der Waals surface area contributed by atoms with Crippen LogP contribution in [0.5, 0.6) is 0 Å². The largest absolute Gasteiger partial charge is 0.468 e. The molecule has 0 bridgehead atoms. The third-order valence-electron chi connectivity index (χ3n) is 2.94. The minimum atomic E-state index is -2.39. The molecule has 0 rings (SSSR count). The Bertz CT molecular complexity index is 429. The van der Waals surface area contributed by atoms with Crippen molar-refractivity contribution in [2.45, 2.75) is 27.7 Å². The molecule has 118 valence electrons. The Morgan fingerprint density at radius 2 is 1.50 bits per heavy atom. The Balaban J connectivity index is 5.76. The third kappa shape index (κ3) is 4.04. The summed E-state index contributed by atoms with van der Waals surface area (Å²) in [5.41, 5.74) is 0.0438. The van der Waals surface area contributed by atoms with Gasteiger partial charge in [0.05, 0.1) is 7.11 Å². The number of ether oxygens (including phenoxy) is 1. The van der Waals surface area contributed by atoms with E-state index in [2.05, 4.69) is 0 Å². The van der Waals surface area contributed by atoms with E-state index in [4.69, 9.17) is 21.1 Å². The molecule has 0 spiro atoms. The third-order valence-corrected chi connectivity index (χ3v) is 7.56. The Morgan fingerprint density at radius 3 is 1.75 bits per heavy atom. The van der Waals surface area contributed by atoms with Crippen LogP contribution in [0.25, 0.3) is 0 Å². The van der Waals surface area contributed by atoms with Gasteiger partial charge in [0.1, 0.15) is 11.2 Å². The van der Waals surface area contributed by atoms with Gasteiger partial charge in [-0.15, -0.1) is 0 Å². The molecule has 0 amide bonds. The van der Waals surface area contributed by atoms with E-state index in [0.717, 1.165) is 5.57 Å². The molecule has 5 nitrogen and oxygen atoms in total. The number of hydrogen-bond acceptors (Lipinski definition) is 4. The number of carbonyl (C=O) groups excluding carboxylic acids is 1. The van der Waals surface area contributed by atoms with Crippen LogP contribution in [0.2, 0.25) is 0 Å². The average molecular weight is 322 g/mol. The fraction of sp³-hybridized carbons (Fsp3) is 0.769. The molecule has 0 radical (unpaired) electrons. The number of esters is 1. The Kier molecular flexibility index (Phi) is 6.88. The molecular formula is C13H27N2O3PS. The molecule has 0 saturated heterocycles. The Hall–Kier alpha value is -0.420. The van der Waals surface area contributed by atoms with E-state index in [9.17, 15) is 4.79 Å². The van der Waals surface area contributed by atoms with Crippen molar-refractivity contribution in [3.8, 4) is 0 Å². The van der Waals surface area contributed by atoms with Crippen molar-refractivity contribution in [1.29, 1.82) is 0 Å². The average Bonchev–Trinajstić information content (AvgIpc) is 2.32. The first kappa shape index (κ1) is 19.6. The normalized spacial score (nSPS) is 12.6. The predicted molar refractivity (Wildman–Crippen MR) is 86.9 cm³/mol. The first-order valence-corrected chi connectivity index (χ1v) is 8.95. The fourth-order valence-electron chi connectivity index (χ4n) is 1.82. The lowest BCUT2D eigenvalue weighted by molar-refractivity contribution is -0.149. The lowest BCUT2D eigenvalue weighted by atomic mass is 9.89. The summed E-state index contributed by atoms with van der Waals surface area (Å²) < 4.78 is 14.8. The standard InChI is InChI=1S/C13H27N2O3PS/c1-10(2)11(13(3,4)12(16)17-9)18-19(20,14(5)6)15(7)8/h1-9H3. The Labute approximate surface area is 128 Å². The summed E-state index contributed by atoms with van der Waals surface area (Å²) in [5, 5.41) is 0. The molecule has 0 aromatic carbocycles. The minimum absolute atomic E-state index is 0.340. The zero-order chi connectivity index (χ0) is 16.3. The zero-order valence-electron chi connectivity index (χ0n) is 14.0. The van der Waals surface area contributed by atoms with Crippen molar-refractivity contribution < 1.29 is 14.1 Å². The molecule has 0 N–H and O–H groups in total. The summed E-state index contributed by atoms with van der Waals surface area (Å²) in [4.78, 5) is 12.0. The molecule has 20 heavy (non-hydrogen) atoms.